The molecular weight excluding hydrogens is 405 g/mol. The number of benzene rings is 2. The van der Waals surface area contributed by atoms with Crippen LogP contribution >= 0.6 is 11.8 Å². The second-order valence-electron chi connectivity index (χ2n) is 6.70. The van der Waals surface area contributed by atoms with Gasteiger partial charge < -0.3 is 16.0 Å². The lowest BCUT2D eigenvalue weighted by Crippen LogP contribution is -2.48. The average Bonchev–Trinajstić information content (AvgIpc) is 2.74. The highest BCUT2D eigenvalue weighted by atomic mass is 32.2. The molecule has 0 aliphatic rings. The third-order valence-electron chi connectivity index (χ3n) is 4.34. The molecule has 2 rings (SSSR count). The van der Waals surface area contributed by atoms with Crippen molar-refractivity contribution >= 4 is 29.5 Å². The molecule has 0 bridgehead atoms. The second-order valence-corrected chi connectivity index (χ2v) is 7.69. The smallest absolute Gasteiger partial charge is 0.254 e. The molecule has 3 N–H and O–H groups in total. The molecule has 0 heterocycles. The topological polar surface area (TPSA) is 87.3 Å². The largest absolute Gasteiger partial charge is 0.353 e. The average molecular weight is 432 g/mol. The molecule has 0 aliphatic heterocycles. The molecular formula is C22H26FN3O3S. The fourth-order valence-electron chi connectivity index (χ4n) is 2.76. The number of thioether (sulfide) groups is 1. The summed E-state index contributed by atoms with van der Waals surface area (Å²) in [4.78, 5) is 37.0. The van der Waals surface area contributed by atoms with Gasteiger partial charge in [-0.3, -0.25) is 14.4 Å². The molecule has 30 heavy (non-hydrogen) atoms. The quantitative estimate of drug-likeness (QED) is 0.505. The van der Waals surface area contributed by atoms with Crippen molar-refractivity contribution in [2.24, 2.45) is 0 Å². The van der Waals surface area contributed by atoms with Gasteiger partial charge in [-0.15, -0.1) is 0 Å². The lowest BCUT2D eigenvalue weighted by molar-refractivity contribution is -0.122. The van der Waals surface area contributed by atoms with Crippen LogP contribution in [0.2, 0.25) is 0 Å². The molecule has 0 saturated carbocycles. The predicted molar refractivity (Wildman–Crippen MR) is 117 cm³/mol. The van der Waals surface area contributed by atoms with E-state index in [2.05, 4.69) is 16.0 Å². The van der Waals surface area contributed by atoms with Gasteiger partial charge in [0.1, 0.15) is 11.9 Å². The lowest BCUT2D eigenvalue weighted by atomic mass is 10.1. The first-order valence-corrected chi connectivity index (χ1v) is 11.0. The molecule has 160 valence electrons. The summed E-state index contributed by atoms with van der Waals surface area (Å²) >= 11 is 1.58. The number of amides is 3. The van der Waals surface area contributed by atoms with E-state index in [0.717, 1.165) is 5.56 Å². The van der Waals surface area contributed by atoms with Crippen LogP contribution in [-0.4, -0.2) is 48.9 Å². The molecule has 0 aromatic heterocycles. The van der Waals surface area contributed by atoms with Crippen molar-refractivity contribution in [3.63, 3.8) is 0 Å². The van der Waals surface area contributed by atoms with Gasteiger partial charge in [0.05, 0.1) is 5.56 Å². The van der Waals surface area contributed by atoms with Crippen LogP contribution in [0.5, 0.6) is 0 Å². The third kappa shape index (κ3) is 7.18. The van der Waals surface area contributed by atoms with Crippen LogP contribution in [-0.2, 0) is 4.79 Å². The van der Waals surface area contributed by atoms with Crippen LogP contribution in [0.1, 0.15) is 32.7 Å². The Morgan fingerprint density at radius 3 is 2.43 bits per heavy atom. The van der Waals surface area contributed by atoms with Crippen molar-refractivity contribution in [2.45, 2.75) is 19.4 Å². The van der Waals surface area contributed by atoms with Gasteiger partial charge in [-0.05, 0) is 49.6 Å². The van der Waals surface area contributed by atoms with E-state index in [1.54, 1.807) is 36.0 Å². The second kappa shape index (κ2) is 12.0. The monoisotopic (exact) mass is 431 g/mol. The Morgan fingerprint density at radius 2 is 1.73 bits per heavy atom. The summed E-state index contributed by atoms with van der Waals surface area (Å²) in [5, 5.41) is 8.05. The Morgan fingerprint density at radius 1 is 1.00 bits per heavy atom. The molecule has 1 atom stereocenters. The maximum atomic E-state index is 13.6. The number of hydrogen-bond donors (Lipinski definition) is 3. The zero-order valence-corrected chi connectivity index (χ0v) is 17.9. The summed E-state index contributed by atoms with van der Waals surface area (Å²) in [6, 6.07) is 12.1. The Bertz CT molecular complexity index is 891. The summed E-state index contributed by atoms with van der Waals surface area (Å²) in [7, 11) is 0. The molecule has 6 nitrogen and oxygen atoms in total. The van der Waals surface area contributed by atoms with Gasteiger partial charge >= 0.3 is 0 Å². The van der Waals surface area contributed by atoms with Crippen LogP contribution in [0.3, 0.4) is 0 Å². The number of hydrogen-bond acceptors (Lipinski definition) is 4. The fourth-order valence-corrected chi connectivity index (χ4v) is 3.23. The first kappa shape index (κ1) is 23.4. The maximum Gasteiger partial charge on any atom is 0.254 e. The zero-order valence-electron chi connectivity index (χ0n) is 17.0. The summed E-state index contributed by atoms with van der Waals surface area (Å²) in [5.74, 6) is -1.09. The van der Waals surface area contributed by atoms with Crippen molar-refractivity contribution in [3.05, 3.63) is 71.0 Å². The van der Waals surface area contributed by atoms with Gasteiger partial charge in [0.25, 0.3) is 11.8 Å². The Balaban J connectivity index is 1.86. The molecule has 0 spiro atoms. The summed E-state index contributed by atoms with van der Waals surface area (Å²) in [5.41, 5.74) is 1.40. The van der Waals surface area contributed by atoms with E-state index in [9.17, 15) is 18.8 Å². The minimum Gasteiger partial charge on any atom is -0.353 e. The van der Waals surface area contributed by atoms with E-state index in [-0.39, 0.29) is 30.5 Å². The molecule has 8 heteroatoms. The van der Waals surface area contributed by atoms with Crippen LogP contribution in [0.15, 0.2) is 48.5 Å². The molecule has 1 unspecified atom stereocenters. The standard InChI is InChI=1S/C22H26FN3O3S/c1-15-6-5-7-16(14-15)20(27)26-19(10-13-30-2)22(29)25-12-11-24-21(28)17-8-3-4-9-18(17)23/h3-9,14,19H,10-13H2,1-2H3,(H,24,28)(H,25,29)(H,26,27). The van der Waals surface area contributed by atoms with Crippen molar-refractivity contribution in [1.29, 1.82) is 0 Å². The highest BCUT2D eigenvalue weighted by Gasteiger charge is 2.21. The number of aryl methyl sites for hydroxylation is 1. The van der Waals surface area contributed by atoms with Crippen molar-refractivity contribution in [1.82, 2.24) is 16.0 Å². The molecule has 2 aromatic rings. The van der Waals surface area contributed by atoms with Crippen LogP contribution in [0, 0.1) is 12.7 Å². The lowest BCUT2D eigenvalue weighted by Gasteiger charge is -2.18. The van der Waals surface area contributed by atoms with Crippen LogP contribution in [0.25, 0.3) is 0 Å². The Labute approximate surface area is 180 Å². The SMILES string of the molecule is CSCCC(NC(=O)c1cccc(C)c1)C(=O)NCCNC(=O)c1ccccc1F. The highest BCUT2D eigenvalue weighted by Crippen LogP contribution is 2.07. The van der Waals surface area contributed by atoms with Crippen molar-refractivity contribution in [2.75, 3.05) is 25.1 Å². The molecule has 0 fully saturated rings. The minimum atomic E-state index is -0.687. The Kier molecular flexibility index (Phi) is 9.34. The summed E-state index contributed by atoms with van der Waals surface area (Å²) in [6.45, 7) is 2.19. The normalized spacial score (nSPS) is 11.4. The zero-order chi connectivity index (χ0) is 21.9. The molecule has 3 amide bonds. The van der Waals surface area contributed by atoms with Gasteiger partial charge in [0.15, 0.2) is 0 Å². The Hall–Kier alpha value is -2.87. The minimum absolute atomic E-state index is 0.0490. The van der Waals surface area contributed by atoms with Crippen molar-refractivity contribution in [3.8, 4) is 0 Å². The van der Waals surface area contributed by atoms with Crippen LogP contribution < -0.4 is 16.0 Å². The molecule has 0 radical (unpaired) electrons. The number of nitrogens with one attached hydrogen (secondary N) is 3. The maximum absolute atomic E-state index is 13.6. The van der Waals surface area contributed by atoms with E-state index >= 15 is 0 Å². The number of halogens is 1. The van der Waals surface area contributed by atoms with E-state index in [1.165, 1.54) is 18.2 Å². The van der Waals surface area contributed by atoms with Gasteiger partial charge in [-0.25, -0.2) is 4.39 Å². The van der Waals surface area contributed by atoms with Gasteiger partial charge in [-0.2, -0.15) is 11.8 Å². The third-order valence-corrected chi connectivity index (χ3v) is 4.98. The summed E-state index contributed by atoms with van der Waals surface area (Å²) in [6.07, 6.45) is 2.40. The van der Waals surface area contributed by atoms with E-state index in [0.29, 0.717) is 17.7 Å². The van der Waals surface area contributed by atoms with Crippen LogP contribution in [0.4, 0.5) is 4.39 Å². The molecule has 0 aliphatic carbocycles. The first-order chi connectivity index (χ1) is 14.4. The summed E-state index contributed by atoms with van der Waals surface area (Å²) < 4.78 is 13.6. The van der Waals surface area contributed by atoms with E-state index in [4.69, 9.17) is 0 Å². The van der Waals surface area contributed by atoms with E-state index in [1.807, 2.05) is 19.2 Å². The number of rotatable bonds is 10. The molecule has 2 aromatic carbocycles. The van der Waals surface area contributed by atoms with Gasteiger partial charge in [0.2, 0.25) is 5.91 Å². The van der Waals surface area contributed by atoms with Gasteiger partial charge in [-0.1, -0.05) is 29.8 Å². The molecule has 0 saturated heterocycles. The van der Waals surface area contributed by atoms with E-state index < -0.39 is 17.8 Å². The first-order valence-electron chi connectivity index (χ1n) is 9.59. The van der Waals surface area contributed by atoms with Crippen molar-refractivity contribution < 1.29 is 18.8 Å². The predicted octanol–water partition coefficient (Wildman–Crippen LogP) is 2.53. The fraction of sp³-hybridized carbons (Fsp3) is 0.318. The number of carbonyl (C=O) groups is 3. The highest BCUT2D eigenvalue weighted by molar-refractivity contribution is 7.98. The number of carbonyl (C=O) groups excluding carboxylic acids is 3. The van der Waals surface area contributed by atoms with Gasteiger partial charge in [0, 0.05) is 18.7 Å².